The highest BCUT2D eigenvalue weighted by atomic mass is 79.9. The predicted molar refractivity (Wildman–Crippen MR) is 115 cm³/mol. The number of ether oxygens (including phenoxy) is 1. The molecule has 4 aromatic rings. The molecule has 0 fully saturated rings. The summed E-state index contributed by atoms with van der Waals surface area (Å²) in [6.45, 7) is 0.657. The number of benzene rings is 2. The first-order valence-corrected chi connectivity index (χ1v) is 9.51. The first-order valence-electron chi connectivity index (χ1n) is 8.71. The lowest BCUT2D eigenvalue weighted by Gasteiger charge is -2.11. The highest BCUT2D eigenvalue weighted by Gasteiger charge is 2.07. The minimum Gasteiger partial charge on any atom is -0.497 e. The molecule has 0 spiro atoms. The average Bonchev–Trinajstić information content (AvgIpc) is 2.73. The number of anilines is 3. The van der Waals surface area contributed by atoms with Gasteiger partial charge in [0.25, 0.3) is 0 Å². The van der Waals surface area contributed by atoms with Crippen molar-refractivity contribution >= 4 is 44.2 Å². The van der Waals surface area contributed by atoms with Crippen molar-refractivity contribution in [3.8, 4) is 5.75 Å². The topological polar surface area (TPSA) is 72.0 Å². The van der Waals surface area contributed by atoms with Crippen LogP contribution >= 0.6 is 15.9 Å². The lowest BCUT2D eigenvalue weighted by atomic mass is 10.2. The van der Waals surface area contributed by atoms with Crippen molar-refractivity contribution < 1.29 is 4.74 Å². The molecule has 2 heterocycles. The maximum Gasteiger partial charge on any atom is 0.141 e. The van der Waals surface area contributed by atoms with E-state index in [1.165, 1.54) is 6.33 Å². The third-order valence-electron chi connectivity index (χ3n) is 4.24. The molecular formula is C21H18BrN5O. The molecule has 0 aliphatic carbocycles. The molecule has 7 heteroatoms. The summed E-state index contributed by atoms with van der Waals surface area (Å²) in [5.74, 6) is 2.33. The van der Waals surface area contributed by atoms with Gasteiger partial charge in [-0.2, -0.15) is 0 Å². The number of nitrogens with zero attached hydrogens (tertiary/aromatic N) is 3. The lowest BCUT2D eigenvalue weighted by Crippen LogP contribution is -2.02. The van der Waals surface area contributed by atoms with Gasteiger partial charge in [0.05, 0.1) is 18.8 Å². The smallest absolute Gasteiger partial charge is 0.141 e. The number of fused-ring (bicyclic) bond motifs is 1. The lowest BCUT2D eigenvalue weighted by molar-refractivity contribution is 0.414. The third-order valence-corrected chi connectivity index (χ3v) is 4.73. The van der Waals surface area contributed by atoms with Gasteiger partial charge in [-0.1, -0.05) is 34.1 Å². The molecule has 0 saturated heterocycles. The monoisotopic (exact) mass is 435 g/mol. The number of aromatic nitrogens is 3. The summed E-state index contributed by atoms with van der Waals surface area (Å²) < 4.78 is 6.19. The van der Waals surface area contributed by atoms with E-state index in [0.717, 1.165) is 44.0 Å². The Kier molecular flexibility index (Phi) is 5.34. The number of methoxy groups -OCH3 is 1. The van der Waals surface area contributed by atoms with Crippen molar-refractivity contribution in [1.82, 2.24) is 15.0 Å². The summed E-state index contributed by atoms with van der Waals surface area (Å²) >= 11 is 3.49. The molecule has 2 N–H and O–H groups in total. The average molecular weight is 436 g/mol. The molecule has 140 valence electrons. The zero-order valence-electron chi connectivity index (χ0n) is 15.2. The fourth-order valence-corrected chi connectivity index (χ4v) is 3.19. The number of rotatable bonds is 6. The van der Waals surface area contributed by atoms with E-state index in [0.29, 0.717) is 6.54 Å². The van der Waals surface area contributed by atoms with E-state index in [2.05, 4.69) is 41.5 Å². The van der Waals surface area contributed by atoms with Gasteiger partial charge in [-0.15, -0.1) is 0 Å². The van der Waals surface area contributed by atoms with Crippen molar-refractivity contribution in [3.63, 3.8) is 0 Å². The molecule has 6 nitrogen and oxygen atoms in total. The molecule has 0 amide bonds. The first kappa shape index (κ1) is 18.2. The van der Waals surface area contributed by atoms with Crippen LogP contribution in [0, 0.1) is 0 Å². The van der Waals surface area contributed by atoms with Crippen LogP contribution in [0.5, 0.6) is 5.75 Å². The van der Waals surface area contributed by atoms with Crippen LogP contribution in [0.4, 0.5) is 17.3 Å². The van der Waals surface area contributed by atoms with Crippen molar-refractivity contribution in [3.05, 3.63) is 77.2 Å². The van der Waals surface area contributed by atoms with Crippen LogP contribution in [0.1, 0.15) is 5.56 Å². The van der Waals surface area contributed by atoms with Gasteiger partial charge in [0.15, 0.2) is 0 Å². The Labute approximate surface area is 171 Å². The second kappa shape index (κ2) is 8.22. The van der Waals surface area contributed by atoms with Gasteiger partial charge in [-0.3, -0.25) is 0 Å². The Balaban J connectivity index is 1.56. The summed E-state index contributed by atoms with van der Waals surface area (Å²) in [4.78, 5) is 13.2. The molecule has 2 aromatic heterocycles. The molecule has 0 saturated carbocycles. The van der Waals surface area contributed by atoms with Gasteiger partial charge < -0.3 is 15.4 Å². The molecule has 0 unspecified atom stereocenters. The molecule has 2 aromatic carbocycles. The molecule has 0 radical (unpaired) electrons. The van der Waals surface area contributed by atoms with E-state index < -0.39 is 0 Å². The Morgan fingerprint density at radius 1 is 1.00 bits per heavy atom. The Morgan fingerprint density at radius 2 is 1.86 bits per heavy atom. The number of nitrogens with one attached hydrogen (secondary N) is 2. The van der Waals surface area contributed by atoms with Gasteiger partial charge in [-0.25, -0.2) is 15.0 Å². The molecular weight excluding hydrogens is 418 g/mol. The maximum absolute atomic E-state index is 5.19. The Morgan fingerprint density at radius 3 is 2.64 bits per heavy atom. The zero-order chi connectivity index (χ0) is 19.3. The van der Waals surface area contributed by atoms with Crippen LogP contribution in [0.3, 0.4) is 0 Å². The van der Waals surface area contributed by atoms with E-state index >= 15 is 0 Å². The van der Waals surface area contributed by atoms with E-state index in [4.69, 9.17) is 4.74 Å². The van der Waals surface area contributed by atoms with E-state index in [1.54, 1.807) is 13.3 Å². The second-order valence-electron chi connectivity index (χ2n) is 6.15. The molecule has 28 heavy (non-hydrogen) atoms. The molecule has 4 rings (SSSR count). The van der Waals surface area contributed by atoms with E-state index in [1.807, 2.05) is 54.6 Å². The fraction of sp³-hybridized carbons (Fsp3) is 0.0952. The van der Waals surface area contributed by atoms with Crippen LogP contribution in [0.2, 0.25) is 0 Å². The standard InChI is InChI=1S/C21H18BrN5O/c1-28-17-7-5-14(6-8-17)11-23-20-10-18-19(12-24-20)25-13-26-21(18)27-16-4-2-3-15(22)9-16/h2-10,12-13H,11H2,1H3,(H,23,24)(H,25,26,27). The quantitative estimate of drug-likeness (QED) is 0.436. The molecule has 0 bridgehead atoms. The minimum atomic E-state index is 0.657. The van der Waals surface area contributed by atoms with Crippen LogP contribution in [0.15, 0.2) is 71.6 Å². The SMILES string of the molecule is COc1ccc(CNc2cc3c(Nc4cccc(Br)c4)ncnc3cn2)cc1. The van der Waals surface area contributed by atoms with E-state index in [9.17, 15) is 0 Å². The molecule has 0 aliphatic heterocycles. The number of pyridine rings is 1. The number of hydrogen-bond donors (Lipinski definition) is 2. The largest absolute Gasteiger partial charge is 0.497 e. The van der Waals surface area contributed by atoms with Gasteiger partial charge in [-0.05, 0) is 42.0 Å². The summed E-state index contributed by atoms with van der Waals surface area (Å²) in [5, 5.41) is 7.60. The highest BCUT2D eigenvalue weighted by Crippen LogP contribution is 2.26. The number of hydrogen-bond acceptors (Lipinski definition) is 6. The summed E-state index contributed by atoms with van der Waals surface area (Å²) in [6.07, 6.45) is 3.29. The van der Waals surface area contributed by atoms with Crippen LogP contribution < -0.4 is 15.4 Å². The molecule has 0 atom stereocenters. The van der Waals surface area contributed by atoms with Crippen LogP contribution in [-0.2, 0) is 6.54 Å². The molecule has 0 aliphatic rings. The van der Waals surface area contributed by atoms with Gasteiger partial charge in [0.2, 0.25) is 0 Å². The van der Waals surface area contributed by atoms with Crippen molar-refractivity contribution in [2.24, 2.45) is 0 Å². The normalized spacial score (nSPS) is 10.6. The zero-order valence-corrected chi connectivity index (χ0v) is 16.8. The van der Waals surface area contributed by atoms with Gasteiger partial charge >= 0.3 is 0 Å². The first-order chi connectivity index (χ1) is 13.7. The van der Waals surface area contributed by atoms with Crippen molar-refractivity contribution in [2.75, 3.05) is 17.7 Å². The Hall–Kier alpha value is -3.19. The summed E-state index contributed by atoms with van der Waals surface area (Å²) in [7, 11) is 1.66. The maximum atomic E-state index is 5.19. The summed E-state index contributed by atoms with van der Waals surface area (Å²) in [6, 6.07) is 17.8. The van der Waals surface area contributed by atoms with Crippen LogP contribution in [0.25, 0.3) is 10.9 Å². The van der Waals surface area contributed by atoms with Crippen LogP contribution in [-0.4, -0.2) is 22.1 Å². The number of halogens is 1. The third kappa shape index (κ3) is 4.20. The van der Waals surface area contributed by atoms with Gasteiger partial charge in [0, 0.05) is 22.1 Å². The minimum absolute atomic E-state index is 0.657. The van der Waals surface area contributed by atoms with E-state index in [-0.39, 0.29) is 0 Å². The summed E-state index contributed by atoms with van der Waals surface area (Å²) in [5.41, 5.74) is 2.86. The highest BCUT2D eigenvalue weighted by molar-refractivity contribution is 9.10. The van der Waals surface area contributed by atoms with Gasteiger partial charge in [0.1, 0.15) is 23.7 Å². The predicted octanol–water partition coefficient (Wildman–Crippen LogP) is 5.15. The Bertz CT molecular complexity index is 1100. The fourth-order valence-electron chi connectivity index (χ4n) is 2.79. The second-order valence-corrected chi connectivity index (χ2v) is 7.06. The van der Waals surface area contributed by atoms with Crippen molar-refractivity contribution in [2.45, 2.75) is 6.54 Å². The van der Waals surface area contributed by atoms with Crippen molar-refractivity contribution in [1.29, 1.82) is 0 Å².